The van der Waals surface area contributed by atoms with Crippen molar-refractivity contribution in [1.29, 1.82) is 0 Å². The quantitative estimate of drug-likeness (QED) is 0.773. The average Bonchev–Trinajstić information content (AvgIpc) is 2.39. The average molecular weight is 269 g/mol. The van der Waals surface area contributed by atoms with Gasteiger partial charge >= 0.3 is 5.97 Å². The van der Waals surface area contributed by atoms with Gasteiger partial charge in [0.25, 0.3) is 0 Å². The molecule has 1 saturated heterocycles. The van der Waals surface area contributed by atoms with Crippen LogP contribution in [0.4, 0.5) is 0 Å². The zero-order valence-corrected chi connectivity index (χ0v) is 12.2. The summed E-state index contributed by atoms with van der Waals surface area (Å²) >= 11 is 0. The summed E-state index contributed by atoms with van der Waals surface area (Å²) in [5, 5.41) is 8.86. The van der Waals surface area contributed by atoms with Crippen LogP contribution in [-0.2, 0) is 9.59 Å². The normalized spacial score (nSPS) is 21.2. The van der Waals surface area contributed by atoms with Crippen LogP contribution in [0, 0.1) is 11.8 Å². The molecule has 1 aliphatic rings. The third-order valence-electron chi connectivity index (χ3n) is 4.04. The zero-order valence-electron chi connectivity index (χ0n) is 12.2. The van der Waals surface area contributed by atoms with Crippen molar-refractivity contribution in [1.82, 2.24) is 4.90 Å². The Bertz CT molecular complexity index is 304. The molecule has 0 bridgehead atoms. The number of hydrogen-bond acceptors (Lipinski definition) is 2. The maximum absolute atomic E-state index is 12.4. The molecule has 2 unspecified atom stereocenters. The minimum atomic E-state index is -0.752. The molecule has 1 N–H and O–H groups in total. The van der Waals surface area contributed by atoms with Crippen LogP contribution in [0.1, 0.15) is 58.8 Å². The molecule has 0 aromatic carbocycles. The Morgan fingerprint density at radius 1 is 1.37 bits per heavy atom. The van der Waals surface area contributed by atoms with Crippen molar-refractivity contribution in [2.24, 2.45) is 11.8 Å². The molecule has 2 atom stereocenters. The van der Waals surface area contributed by atoms with E-state index in [1.165, 1.54) is 0 Å². The highest BCUT2D eigenvalue weighted by atomic mass is 16.4. The molecule has 0 aliphatic carbocycles. The van der Waals surface area contributed by atoms with Crippen molar-refractivity contribution in [3.05, 3.63) is 0 Å². The van der Waals surface area contributed by atoms with Crippen LogP contribution < -0.4 is 0 Å². The van der Waals surface area contributed by atoms with Crippen LogP contribution in [0.15, 0.2) is 0 Å². The SMILES string of the molecule is CCCCC(CC)C(=O)N1CCCC(CC(=O)O)C1. The summed E-state index contributed by atoms with van der Waals surface area (Å²) < 4.78 is 0. The summed E-state index contributed by atoms with van der Waals surface area (Å²) in [7, 11) is 0. The molecule has 1 heterocycles. The molecule has 0 aromatic heterocycles. The molecule has 0 aromatic rings. The minimum absolute atomic E-state index is 0.128. The van der Waals surface area contributed by atoms with Gasteiger partial charge in [-0.15, -0.1) is 0 Å². The Hall–Kier alpha value is -1.06. The number of aliphatic carboxylic acids is 1. The lowest BCUT2D eigenvalue weighted by Gasteiger charge is -2.34. The highest BCUT2D eigenvalue weighted by molar-refractivity contribution is 5.79. The minimum Gasteiger partial charge on any atom is -0.481 e. The monoisotopic (exact) mass is 269 g/mol. The molecule has 1 fully saturated rings. The second-order valence-electron chi connectivity index (χ2n) is 5.64. The van der Waals surface area contributed by atoms with E-state index in [0.717, 1.165) is 45.1 Å². The number of unbranched alkanes of at least 4 members (excludes halogenated alkanes) is 1. The van der Waals surface area contributed by atoms with E-state index in [2.05, 4.69) is 13.8 Å². The van der Waals surface area contributed by atoms with E-state index in [1.807, 2.05) is 4.90 Å². The van der Waals surface area contributed by atoms with Crippen molar-refractivity contribution >= 4 is 11.9 Å². The van der Waals surface area contributed by atoms with Gasteiger partial charge in [-0.05, 0) is 31.6 Å². The van der Waals surface area contributed by atoms with Crippen LogP contribution in [0.25, 0.3) is 0 Å². The van der Waals surface area contributed by atoms with Crippen molar-refractivity contribution in [2.45, 2.75) is 58.8 Å². The molecule has 1 aliphatic heterocycles. The lowest BCUT2D eigenvalue weighted by Crippen LogP contribution is -2.43. The van der Waals surface area contributed by atoms with Gasteiger partial charge in [0.2, 0.25) is 5.91 Å². The molecule has 19 heavy (non-hydrogen) atoms. The van der Waals surface area contributed by atoms with Crippen LogP contribution in [0.2, 0.25) is 0 Å². The predicted octanol–water partition coefficient (Wildman–Crippen LogP) is 2.92. The van der Waals surface area contributed by atoms with E-state index < -0.39 is 5.97 Å². The maximum atomic E-state index is 12.4. The topological polar surface area (TPSA) is 57.6 Å². The lowest BCUT2D eigenvalue weighted by atomic mass is 9.92. The van der Waals surface area contributed by atoms with Gasteiger partial charge in [-0.3, -0.25) is 9.59 Å². The number of hydrogen-bond donors (Lipinski definition) is 1. The van der Waals surface area contributed by atoms with Gasteiger partial charge < -0.3 is 10.0 Å². The maximum Gasteiger partial charge on any atom is 0.303 e. The fraction of sp³-hybridized carbons (Fsp3) is 0.867. The third-order valence-corrected chi connectivity index (χ3v) is 4.04. The smallest absolute Gasteiger partial charge is 0.303 e. The number of amides is 1. The fourth-order valence-corrected chi connectivity index (χ4v) is 2.89. The molecular weight excluding hydrogens is 242 g/mol. The summed E-state index contributed by atoms with van der Waals surface area (Å²) in [6, 6.07) is 0. The molecule has 0 saturated carbocycles. The Morgan fingerprint density at radius 2 is 2.11 bits per heavy atom. The van der Waals surface area contributed by atoms with Gasteiger partial charge in [-0.2, -0.15) is 0 Å². The lowest BCUT2D eigenvalue weighted by molar-refractivity contribution is -0.142. The molecule has 110 valence electrons. The number of carbonyl (C=O) groups excluding carboxylic acids is 1. The first-order chi connectivity index (χ1) is 9.08. The second-order valence-corrected chi connectivity index (χ2v) is 5.64. The highest BCUT2D eigenvalue weighted by Crippen LogP contribution is 2.23. The van der Waals surface area contributed by atoms with Gasteiger partial charge in [-0.1, -0.05) is 26.7 Å². The fourth-order valence-electron chi connectivity index (χ4n) is 2.89. The van der Waals surface area contributed by atoms with E-state index in [-0.39, 0.29) is 24.2 Å². The molecule has 1 amide bonds. The first kappa shape index (κ1) is 16.0. The van der Waals surface area contributed by atoms with Crippen molar-refractivity contribution in [3.8, 4) is 0 Å². The van der Waals surface area contributed by atoms with Gasteiger partial charge in [0.1, 0.15) is 0 Å². The van der Waals surface area contributed by atoms with E-state index in [4.69, 9.17) is 5.11 Å². The van der Waals surface area contributed by atoms with Gasteiger partial charge in [0, 0.05) is 25.4 Å². The van der Waals surface area contributed by atoms with Gasteiger partial charge in [0.15, 0.2) is 0 Å². The summed E-state index contributed by atoms with van der Waals surface area (Å²) in [4.78, 5) is 25.1. The Morgan fingerprint density at radius 3 is 2.68 bits per heavy atom. The number of nitrogens with zero attached hydrogens (tertiary/aromatic N) is 1. The van der Waals surface area contributed by atoms with E-state index in [9.17, 15) is 9.59 Å². The predicted molar refractivity (Wildman–Crippen MR) is 74.9 cm³/mol. The number of rotatable bonds is 7. The highest BCUT2D eigenvalue weighted by Gasteiger charge is 2.28. The molecule has 4 heteroatoms. The molecular formula is C15H27NO3. The summed E-state index contributed by atoms with van der Waals surface area (Å²) in [5.41, 5.74) is 0. The Balaban J connectivity index is 2.52. The van der Waals surface area contributed by atoms with Crippen molar-refractivity contribution in [3.63, 3.8) is 0 Å². The standard InChI is InChI=1S/C15H27NO3/c1-3-5-8-13(4-2)15(19)16-9-6-7-12(11-16)10-14(17)18/h12-13H,3-11H2,1-2H3,(H,17,18). The number of piperidine rings is 1. The molecule has 4 nitrogen and oxygen atoms in total. The molecule has 1 rings (SSSR count). The largest absolute Gasteiger partial charge is 0.481 e. The number of likely N-dealkylation sites (tertiary alicyclic amines) is 1. The first-order valence-corrected chi connectivity index (χ1v) is 7.59. The zero-order chi connectivity index (χ0) is 14.3. The summed E-state index contributed by atoms with van der Waals surface area (Å²) in [6.07, 6.45) is 6.12. The molecule has 0 radical (unpaired) electrons. The van der Waals surface area contributed by atoms with E-state index in [1.54, 1.807) is 0 Å². The second kappa shape index (κ2) is 8.18. The number of carboxylic acid groups (broad SMARTS) is 1. The van der Waals surface area contributed by atoms with Crippen molar-refractivity contribution in [2.75, 3.05) is 13.1 Å². The van der Waals surface area contributed by atoms with Crippen LogP contribution in [0.3, 0.4) is 0 Å². The summed E-state index contributed by atoms with van der Waals surface area (Å²) in [6.45, 7) is 5.64. The summed E-state index contributed by atoms with van der Waals surface area (Å²) in [5.74, 6) is -0.245. The van der Waals surface area contributed by atoms with Crippen LogP contribution in [0.5, 0.6) is 0 Å². The number of carboxylic acids is 1. The van der Waals surface area contributed by atoms with Gasteiger partial charge in [-0.25, -0.2) is 0 Å². The van der Waals surface area contributed by atoms with Gasteiger partial charge in [0.05, 0.1) is 0 Å². The van der Waals surface area contributed by atoms with E-state index >= 15 is 0 Å². The van der Waals surface area contributed by atoms with E-state index in [0.29, 0.717) is 6.54 Å². The molecule has 0 spiro atoms. The first-order valence-electron chi connectivity index (χ1n) is 7.59. The Labute approximate surface area is 116 Å². The van der Waals surface area contributed by atoms with Crippen molar-refractivity contribution < 1.29 is 14.7 Å². The van der Waals surface area contributed by atoms with Crippen LogP contribution in [-0.4, -0.2) is 35.0 Å². The number of carbonyl (C=O) groups is 2. The van der Waals surface area contributed by atoms with Crippen LogP contribution >= 0.6 is 0 Å². The third kappa shape index (κ3) is 5.21. The Kier molecular flexibility index (Phi) is 6.89.